The van der Waals surface area contributed by atoms with Crippen LogP contribution in [0.4, 0.5) is 0 Å². The number of carbonyl (C=O) groups is 2. The summed E-state index contributed by atoms with van der Waals surface area (Å²) in [5.41, 5.74) is -0.0926. The van der Waals surface area contributed by atoms with Gasteiger partial charge in [0.1, 0.15) is 0 Å². The van der Waals surface area contributed by atoms with Crippen LogP contribution in [0.2, 0.25) is 0 Å². The molecule has 2 N–H and O–H groups in total. The maximum atomic E-state index is 10.5. The molecule has 0 aliphatic carbocycles. The van der Waals surface area contributed by atoms with Gasteiger partial charge in [-0.05, 0) is 13.3 Å². The Morgan fingerprint density at radius 2 is 2.00 bits per heavy atom. The van der Waals surface area contributed by atoms with Gasteiger partial charge in [-0.1, -0.05) is 31.9 Å². The van der Waals surface area contributed by atoms with E-state index in [4.69, 9.17) is 10.2 Å². The molecule has 1 aliphatic heterocycles. The number of hydrogen-bond donors (Lipinski definition) is 2. The topological polar surface area (TPSA) is 74.6 Å². The van der Waals surface area contributed by atoms with Crippen LogP contribution in [-0.4, -0.2) is 41.8 Å². The molecular formula is C14H19AsO4. The number of carboxylic acid groups (broad SMARTS) is 2. The predicted molar refractivity (Wildman–Crippen MR) is 77.6 cm³/mol. The summed E-state index contributed by atoms with van der Waals surface area (Å²) >= 11 is -0.637. The van der Waals surface area contributed by atoms with Crippen LogP contribution in [0.25, 0.3) is 0 Å². The molecule has 5 heteroatoms. The Kier molecular flexibility index (Phi) is 9.72. The number of carboxylic acids is 2. The first kappa shape index (κ1) is 17.6. The molecule has 0 amide bonds. The average molecular weight is 326 g/mol. The van der Waals surface area contributed by atoms with Crippen molar-refractivity contribution in [3.05, 3.63) is 34.7 Å². The van der Waals surface area contributed by atoms with Gasteiger partial charge in [0.05, 0.1) is 0 Å². The first-order valence-corrected chi connectivity index (χ1v) is 8.09. The van der Waals surface area contributed by atoms with Crippen molar-refractivity contribution in [1.82, 2.24) is 0 Å². The molecule has 0 unspecified atom stereocenters. The molecule has 0 saturated heterocycles. The molecule has 0 aromatic rings. The van der Waals surface area contributed by atoms with Crippen LogP contribution in [0.5, 0.6) is 0 Å². The summed E-state index contributed by atoms with van der Waals surface area (Å²) in [5.74, 6) is -2.31. The number of hydrogen-bond acceptors (Lipinski definition) is 2. The second kappa shape index (κ2) is 10.5. The Bertz CT molecular complexity index is 399. The summed E-state index contributed by atoms with van der Waals surface area (Å²) in [5, 5.41) is 17.2. The molecule has 1 rings (SSSR count). The van der Waals surface area contributed by atoms with Crippen LogP contribution in [0, 0.1) is 0 Å². The van der Waals surface area contributed by atoms with E-state index in [0.29, 0.717) is 0 Å². The summed E-state index contributed by atoms with van der Waals surface area (Å²) in [4.78, 5) is 22.7. The van der Waals surface area contributed by atoms with Crippen molar-refractivity contribution in [2.45, 2.75) is 33.1 Å². The molecule has 0 aromatic carbocycles. The van der Waals surface area contributed by atoms with E-state index >= 15 is 0 Å². The zero-order valence-electron chi connectivity index (χ0n) is 11.2. The third kappa shape index (κ3) is 7.57. The predicted octanol–water partition coefficient (Wildman–Crippen LogP) is 2.24. The third-order valence-corrected chi connectivity index (χ3v) is 4.32. The Labute approximate surface area is 119 Å². The molecule has 0 saturated carbocycles. The van der Waals surface area contributed by atoms with Crippen molar-refractivity contribution in [3.63, 3.8) is 0 Å². The van der Waals surface area contributed by atoms with E-state index in [0.717, 1.165) is 0 Å². The fraction of sp³-hybridized carbons (Fsp3) is 0.357. The molecule has 19 heavy (non-hydrogen) atoms. The summed E-state index contributed by atoms with van der Waals surface area (Å²) in [6.07, 6.45) is 11.1. The van der Waals surface area contributed by atoms with Gasteiger partial charge in [-0.25, -0.2) is 0 Å². The molecular weight excluding hydrogens is 307 g/mol. The molecule has 1 aliphatic rings. The minimum atomic E-state index is -1.17. The summed E-state index contributed by atoms with van der Waals surface area (Å²) in [6, 6.07) is 0. The second-order valence-electron chi connectivity index (χ2n) is 3.72. The van der Waals surface area contributed by atoms with E-state index in [1.54, 1.807) is 10.9 Å². The van der Waals surface area contributed by atoms with E-state index in [1.165, 1.54) is 25.3 Å². The van der Waals surface area contributed by atoms with Crippen molar-refractivity contribution in [3.8, 4) is 0 Å². The zero-order chi connectivity index (χ0) is 14.7. The van der Waals surface area contributed by atoms with Crippen molar-refractivity contribution >= 4 is 31.6 Å². The molecule has 0 radical (unpaired) electrons. The van der Waals surface area contributed by atoms with Crippen LogP contribution in [0.15, 0.2) is 34.7 Å². The Morgan fingerprint density at radius 3 is 2.42 bits per heavy atom. The standard InChI is InChI=1S/C7H5AsO4.C7H14/c9-6(10)4-2-1-3-8-5(4)7(11)12;1-3-5-7-6-4-2/h1-3H,(H,9,10)(H,11,12);3,5H,4,6-7H2,1-2H3. The molecule has 0 atom stereocenters. The maximum absolute atomic E-state index is 10.5. The van der Waals surface area contributed by atoms with Gasteiger partial charge in [-0.3, -0.25) is 0 Å². The number of rotatable bonds is 5. The van der Waals surface area contributed by atoms with Crippen LogP contribution >= 0.6 is 0 Å². The van der Waals surface area contributed by atoms with Crippen molar-refractivity contribution in [1.29, 1.82) is 0 Å². The van der Waals surface area contributed by atoms with Crippen LogP contribution in [-0.2, 0) is 9.59 Å². The Morgan fingerprint density at radius 1 is 1.32 bits per heavy atom. The molecule has 0 bridgehead atoms. The summed E-state index contributed by atoms with van der Waals surface area (Å²) in [7, 11) is 0. The van der Waals surface area contributed by atoms with E-state index < -0.39 is 27.2 Å². The molecule has 1 heterocycles. The molecule has 4 nitrogen and oxygen atoms in total. The zero-order valence-corrected chi connectivity index (χ0v) is 13.0. The Hall–Kier alpha value is -1.41. The fourth-order valence-electron chi connectivity index (χ4n) is 1.24. The van der Waals surface area contributed by atoms with Gasteiger partial charge in [0.2, 0.25) is 0 Å². The third-order valence-electron chi connectivity index (χ3n) is 2.20. The first-order chi connectivity index (χ1) is 9.04. The van der Waals surface area contributed by atoms with E-state index in [2.05, 4.69) is 26.0 Å². The van der Waals surface area contributed by atoms with Gasteiger partial charge in [-0.2, -0.15) is 0 Å². The number of aliphatic carboxylic acids is 2. The molecule has 104 valence electrons. The average Bonchev–Trinajstić information content (AvgIpc) is 2.40. The number of allylic oxidation sites excluding steroid dienone is 4. The van der Waals surface area contributed by atoms with E-state index in [1.807, 2.05) is 0 Å². The normalized spacial score (nSPS) is 14.2. The van der Waals surface area contributed by atoms with Crippen LogP contribution in [0.3, 0.4) is 0 Å². The van der Waals surface area contributed by atoms with Gasteiger partial charge in [-0.15, -0.1) is 0 Å². The quantitative estimate of drug-likeness (QED) is 0.462. The first-order valence-electron chi connectivity index (χ1n) is 6.07. The molecule has 0 fully saturated rings. The molecule has 0 aromatic heterocycles. The van der Waals surface area contributed by atoms with Gasteiger partial charge in [0.25, 0.3) is 0 Å². The molecule has 0 spiro atoms. The van der Waals surface area contributed by atoms with Gasteiger partial charge >= 0.3 is 73.9 Å². The van der Waals surface area contributed by atoms with Crippen molar-refractivity contribution in [2.75, 3.05) is 0 Å². The number of unbranched alkanes of at least 4 members (excludes halogenated alkanes) is 2. The SMILES string of the molecule is CC=CCCCC.O=C(O)C1=CC=C[As]=C1C(=O)O. The van der Waals surface area contributed by atoms with Gasteiger partial charge in [0.15, 0.2) is 0 Å². The van der Waals surface area contributed by atoms with Gasteiger partial charge < -0.3 is 0 Å². The monoisotopic (exact) mass is 326 g/mol. The summed E-state index contributed by atoms with van der Waals surface area (Å²) in [6.45, 7) is 4.28. The van der Waals surface area contributed by atoms with E-state index in [-0.39, 0.29) is 9.88 Å². The van der Waals surface area contributed by atoms with Crippen molar-refractivity contribution in [2.24, 2.45) is 0 Å². The van der Waals surface area contributed by atoms with E-state index in [9.17, 15) is 9.59 Å². The van der Waals surface area contributed by atoms with Crippen LogP contribution in [0.1, 0.15) is 33.1 Å². The second-order valence-corrected chi connectivity index (χ2v) is 5.83. The van der Waals surface area contributed by atoms with Gasteiger partial charge in [0, 0.05) is 0 Å². The van der Waals surface area contributed by atoms with Crippen molar-refractivity contribution < 1.29 is 19.8 Å². The summed E-state index contributed by atoms with van der Waals surface area (Å²) < 4.78 is 0.0289. The minimum absolute atomic E-state index is 0.0289. The van der Waals surface area contributed by atoms with Crippen LogP contribution < -0.4 is 0 Å². The Balaban J connectivity index is 0.000000399. The fourth-order valence-corrected chi connectivity index (χ4v) is 2.79.